The topological polar surface area (TPSA) is 24.9 Å². The minimum Gasteiger partial charge on any atom is -0.311 e. The maximum Gasteiger partial charge on any atom is 0.142 e. The van der Waals surface area contributed by atoms with E-state index in [0.717, 1.165) is 22.4 Å². The average Bonchev–Trinajstić information content (AvgIpc) is 2.31. The summed E-state index contributed by atoms with van der Waals surface area (Å²) in [4.78, 5) is 4.42. The molecule has 0 saturated heterocycles. The molecule has 76 valence electrons. The van der Waals surface area contributed by atoms with Crippen LogP contribution in [0.25, 0.3) is 0 Å². The lowest BCUT2D eigenvalue weighted by molar-refractivity contribution is 0.629. The molecule has 0 amide bonds. The zero-order valence-electron chi connectivity index (χ0n) is 7.98. The number of pyridine rings is 1. The molecular weight excluding hydrogens is 310 g/mol. The fourth-order valence-electron chi connectivity index (χ4n) is 1.76. The Morgan fingerprint density at radius 2 is 2.43 bits per heavy atom. The molecule has 0 fully saturated rings. The first kappa shape index (κ1) is 10.6. The Balaban J connectivity index is 2.49. The van der Waals surface area contributed by atoms with Gasteiger partial charge in [0.25, 0.3) is 0 Å². The lowest BCUT2D eigenvalue weighted by Crippen LogP contribution is -2.13. The Morgan fingerprint density at radius 3 is 3.21 bits per heavy atom. The molecule has 1 atom stereocenters. The van der Waals surface area contributed by atoms with E-state index in [1.54, 1.807) is 0 Å². The number of nitrogens with one attached hydrogen (secondary N) is 1. The van der Waals surface area contributed by atoms with Crippen molar-refractivity contribution in [2.24, 2.45) is 0 Å². The summed E-state index contributed by atoms with van der Waals surface area (Å²) in [5.74, 6) is 0.582. The first-order chi connectivity index (χ1) is 6.68. The molecule has 0 aromatic carbocycles. The van der Waals surface area contributed by atoms with Crippen molar-refractivity contribution < 1.29 is 0 Å². The van der Waals surface area contributed by atoms with Gasteiger partial charge in [0, 0.05) is 6.54 Å². The molecule has 1 aliphatic rings. The Hall–Kier alpha value is 0.130. The standard InChI is InChI=1S/C10H12ClIN2/c1-6-2-3-13-5-9-7(6)4-8(12)10(11)14-9/h4,6,13H,2-3,5H2,1H3. The Bertz CT molecular complexity index is 354. The van der Waals surface area contributed by atoms with Gasteiger partial charge in [0.05, 0.1) is 9.26 Å². The number of fused-ring (bicyclic) bond motifs is 1. The van der Waals surface area contributed by atoms with Crippen LogP contribution in [0.2, 0.25) is 5.15 Å². The summed E-state index contributed by atoms with van der Waals surface area (Å²) in [5.41, 5.74) is 2.46. The van der Waals surface area contributed by atoms with Crippen LogP contribution in [0.5, 0.6) is 0 Å². The number of aromatic nitrogens is 1. The Kier molecular flexibility index (Phi) is 3.29. The highest BCUT2D eigenvalue weighted by atomic mass is 127. The van der Waals surface area contributed by atoms with Crippen molar-refractivity contribution >= 4 is 34.2 Å². The van der Waals surface area contributed by atoms with Crippen molar-refractivity contribution in [3.63, 3.8) is 0 Å². The molecule has 1 aromatic heterocycles. The van der Waals surface area contributed by atoms with Gasteiger partial charge in [-0.2, -0.15) is 0 Å². The highest BCUT2D eigenvalue weighted by Gasteiger charge is 2.17. The second-order valence-corrected chi connectivity index (χ2v) is 5.18. The van der Waals surface area contributed by atoms with Crippen LogP contribution in [0.1, 0.15) is 30.5 Å². The van der Waals surface area contributed by atoms with Crippen LogP contribution < -0.4 is 5.32 Å². The van der Waals surface area contributed by atoms with Gasteiger partial charge in [0.2, 0.25) is 0 Å². The van der Waals surface area contributed by atoms with E-state index in [-0.39, 0.29) is 0 Å². The first-order valence-corrected chi connectivity index (χ1v) is 6.19. The van der Waals surface area contributed by atoms with Gasteiger partial charge in [-0.25, -0.2) is 4.98 Å². The SMILES string of the molecule is CC1CCNCc2nc(Cl)c(I)cc21. The predicted molar refractivity (Wildman–Crippen MR) is 66.7 cm³/mol. The molecule has 1 N–H and O–H groups in total. The molecule has 0 spiro atoms. The first-order valence-electron chi connectivity index (χ1n) is 4.74. The fourth-order valence-corrected chi connectivity index (χ4v) is 2.38. The van der Waals surface area contributed by atoms with E-state index in [1.807, 2.05) is 0 Å². The van der Waals surface area contributed by atoms with Gasteiger partial charge in [-0.15, -0.1) is 0 Å². The monoisotopic (exact) mass is 322 g/mol. The fraction of sp³-hybridized carbons (Fsp3) is 0.500. The molecular formula is C10H12ClIN2. The number of nitrogens with zero attached hydrogens (tertiary/aromatic N) is 1. The maximum atomic E-state index is 6.00. The van der Waals surface area contributed by atoms with Crippen molar-refractivity contribution in [3.8, 4) is 0 Å². The zero-order chi connectivity index (χ0) is 10.1. The third-order valence-electron chi connectivity index (χ3n) is 2.62. The van der Waals surface area contributed by atoms with Crippen LogP contribution in [0.4, 0.5) is 0 Å². The molecule has 1 unspecified atom stereocenters. The van der Waals surface area contributed by atoms with Crippen molar-refractivity contribution in [1.82, 2.24) is 10.3 Å². The number of rotatable bonds is 0. The zero-order valence-corrected chi connectivity index (χ0v) is 10.9. The van der Waals surface area contributed by atoms with E-state index in [9.17, 15) is 0 Å². The summed E-state index contributed by atoms with van der Waals surface area (Å²) in [6.45, 7) is 4.15. The summed E-state index contributed by atoms with van der Waals surface area (Å²) in [6.07, 6.45) is 1.17. The molecule has 1 aromatic rings. The van der Waals surface area contributed by atoms with Gasteiger partial charge in [-0.1, -0.05) is 18.5 Å². The molecule has 2 nitrogen and oxygen atoms in total. The molecule has 1 aliphatic heterocycles. The third-order valence-corrected chi connectivity index (χ3v) is 4.05. The Morgan fingerprint density at radius 1 is 1.64 bits per heavy atom. The molecule has 0 saturated carbocycles. The van der Waals surface area contributed by atoms with E-state index in [4.69, 9.17) is 11.6 Å². The minimum atomic E-state index is 0.582. The molecule has 0 bridgehead atoms. The van der Waals surface area contributed by atoms with Gasteiger partial charge in [-0.05, 0) is 53.1 Å². The number of halogens is 2. The van der Waals surface area contributed by atoms with E-state index < -0.39 is 0 Å². The van der Waals surface area contributed by atoms with Gasteiger partial charge in [-0.3, -0.25) is 0 Å². The summed E-state index contributed by atoms with van der Waals surface area (Å²) in [7, 11) is 0. The van der Waals surface area contributed by atoms with E-state index in [0.29, 0.717) is 11.1 Å². The number of hydrogen-bond donors (Lipinski definition) is 1. The Labute approximate surface area is 103 Å². The largest absolute Gasteiger partial charge is 0.311 e. The van der Waals surface area contributed by atoms with Gasteiger partial charge in [0.1, 0.15) is 5.15 Å². The molecule has 4 heteroatoms. The van der Waals surface area contributed by atoms with Crippen LogP contribution in [-0.4, -0.2) is 11.5 Å². The second-order valence-electron chi connectivity index (χ2n) is 3.66. The summed E-state index contributed by atoms with van der Waals surface area (Å²) in [6, 6.07) is 2.17. The van der Waals surface area contributed by atoms with Crippen LogP contribution in [-0.2, 0) is 6.54 Å². The van der Waals surface area contributed by atoms with Crippen LogP contribution in [0.15, 0.2) is 6.07 Å². The number of hydrogen-bond acceptors (Lipinski definition) is 2. The molecule has 2 heterocycles. The highest BCUT2D eigenvalue weighted by Crippen LogP contribution is 2.28. The molecule has 14 heavy (non-hydrogen) atoms. The predicted octanol–water partition coefficient (Wildman–Crippen LogP) is 2.94. The van der Waals surface area contributed by atoms with Crippen molar-refractivity contribution in [2.45, 2.75) is 25.8 Å². The lowest BCUT2D eigenvalue weighted by atomic mass is 9.98. The summed E-state index contributed by atoms with van der Waals surface area (Å²) in [5, 5.41) is 3.98. The van der Waals surface area contributed by atoms with Crippen molar-refractivity contribution in [1.29, 1.82) is 0 Å². The smallest absolute Gasteiger partial charge is 0.142 e. The third kappa shape index (κ3) is 2.04. The average molecular weight is 323 g/mol. The van der Waals surface area contributed by atoms with Crippen LogP contribution >= 0.6 is 34.2 Å². The van der Waals surface area contributed by atoms with Crippen molar-refractivity contribution in [3.05, 3.63) is 26.0 Å². The van der Waals surface area contributed by atoms with E-state index >= 15 is 0 Å². The maximum absolute atomic E-state index is 6.00. The molecule has 0 aliphatic carbocycles. The lowest BCUT2D eigenvalue weighted by Gasteiger charge is -2.12. The van der Waals surface area contributed by atoms with Crippen LogP contribution in [0, 0.1) is 3.57 Å². The van der Waals surface area contributed by atoms with Gasteiger partial charge < -0.3 is 5.32 Å². The van der Waals surface area contributed by atoms with Crippen LogP contribution in [0.3, 0.4) is 0 Å². The summed E-state index contributed by atoms with van der Waals surface area (Å²) < 4.78 is 1.05. The second kappa shape index (κ2) is 4.33. The summed E-state index contributed by atoms with van der Waals surface area (Å²) >= 11 is 8.24. The van der Waals surface area contributed by atoms with E-state index in [2.05, 4.69) is 45.9 Å². The molecule has 2 rings (SSSR count). The minimum absolute atomic E-state index is 0.582. The normalized spacial score (nSPS) is 21.5. The van der Waals surface area contributed by atoms with Crippen molar-refractivity contribution in [2.75, 3.05) is 6.54 Å². The highest BCUT2D eigenvalue weighted by molar-refractivity contribution is 14.1. The van der Waals surface area contributed by atoms with Gasteiger partial charge in [0.15, 0.2) is 0 Å². The quantitative estimate of drug-likeness (QED) is 0.587. The molecule has 0 radical (unpaired) electrons. The van der Waals surface area contributed by atoms with E-state index in [1.165, 1.54) is 12.0 Å². The van der Waals surface area contributed by atoms with Gasteiger partial charge >= 0.3 is 0 Å².